The molecule has 0 aliphatic carbocycles. The van der Waals surface area contributed by atoms with E-state index < -0.39 is 83.1 Å². The zero-order valence-electron chi connectivity index (χ0n) is 20.4. The van der Waals surface area contributed by atoms with Crippen molar-refractivity contribution in [2.75, 3.05) is 13.6 Å². The van der Waals surface area contributed by atoms with Crippen LogP contribution in [-0.2, 0) is 11.0 Å². The molecule has 2 atom stereocenters. The minimum Gasteiger partial charge on any atom is -0.336 e. The molecule has 2 aromatic rings. The van der Waals surface area contributed by atoms with Crippen molar-refractivity contribution in [1.29, 1.82) is 0 Å². The molecule has 0 fully saturated rings. The molecule has 2 aromatic carbocycles. The van der Waals surface area contributed by atoms with Crippen LogP contribution in [-0.4, -0.2) is 42.5 Å². The number of carbonyl (C=O) groups excluding carboxylic acids is 2. The third kappa shape index (κ3) is 8.95. The van der Waals surface area contributed by atoms with Crippen LogP contribution in [0.1, 0.15) is 46.3 Å². The minimum absolute atomic E-state index is 0.0622. The average molecular weight is 671 g/mol. The predicted octanol–water partition coefficient (Wildman–Crippen LogP) is 9.01. The van der Waals surface area contributed by atoms with E-state index in [9.17, 15) is 53.5 Å². The van der Waals surface area contributed by atoms with Crippen molar-refractivity contribution in [3.63, 3.8) is 0 Å². The highest BCUT2D eigenvalue weighted by molar-refractivity contribution is 9.10. The molecular weight excluding hydrogens is 652 g/mol. The Morgan fingerprint density at radius 2 is 1.60 bits per heavy atom. The van der Waals surface area contributed by atoms with Gasteiger partial charge in [-0.2, -0.15) is 39.5 Å². The zero-order valence-corrected chi connectivity index (χ0v) is 22.8. The van der Waals surface area contributed by atoms with Crippen molar-refractivity contribution in [2.24, 2.45) is 5.92 Å². The standard InChI is InChI=1S/C25H19BrClF10NO2/c1-12(22(40)38(2)11-23(29,30)31)7-21(39)15-5-3-14(8-17(15)25(35,36)37)20(28)10-16(24(32,33)34)13-4-6-19(27)18(26)9-13/h3-6,8-10,12,16H,7,11H2,1-2H3/b20-10-/t12-,16?/m0/s1. The van der Waals surface area contributed by atoms with Gasteiger partial charge in [-0.1, -0.05) is 36.7 Å². The van der Waals surface area contributed by atoms with E-state index in [1.165, 1.54) is 0 Å². The fourth-order valence-electron chi connectivity index (χ4n) is 3.70. The first-order valence-corrected chi connectivity index (χ1v) is 12.2. The number of rotatable bonds is 8. The maximum atomic E-state index is 15.0. The van der Waals surface area contributed by atoms with Gasteiger partial charge in [-0.3, -0.25) is 9.59 Å². The number of benzene rings is 2. The van der Waals surface area contributed by atoms with Gasteiger partial charge in [-0.15, -0.1) is 0 Å². The Bertz CT molecular complexity index is 1290. The lowest BCUT2D eigenvalue weighted by atomic mass is 9.92. The van der Waals surface area contributed by atoms with Crippen molar-refractivity contribution in [3.05, 3.63) is 74.2 Å². The molecule has 0 N–H and O–H groups in total. The third-order valence-corrected chi connectivity index (χ3v) is 6.79. The third-order valence-electron chi connectivity index (χ3n) is 5.58. The highest BCUT2D eigenvalue weighted by Gasteiger charge is 2.41. The number of hydrogen-bond acceptors (Lipinski definition) is 2. The smallest absolute Gasteiger partial charge is 0.336 e. The van der Waals surface area contributed by atoms with Crippen LogP contribution in [0.2, 0.25) is 5.02 Å². The molecule has 2 rings (SSSR count). The van der Waals surface area contributed by atoms with Gasteiger partial charge in [0.05, 0.1) is 10.6 Å². The van der Waals surface area contributed by atoms with Crippen LogP contribution in [0.4, 0.5) is 43.9 Å². The number of alkyl halides is 9. The largest absolute Gasteiger partial charge is 0.417 e. The first-order chi connectivity index (χ1) is 18.1. The summed E-state index contributed by atoms with van der Waals surface area (Å²) >= 11 is 8.72. The van der Waals surface area contributed by atoms with Gasteiger partial charge in [-0.25, -0.2) is 4.39 Å². The van der Waals surface area contributed by atoms with Crippen molar-refractivity contribution >= 4 is 45.0 Å². The lowest BCUT2D eigenvalue weighted by Crippen LogP contribution is -2.39. The molecule has 0 bridgehead atoms. The topological polar surface area (TPSA) is 37.4 Å². The summed E-state index contributed by atoms with van der Waals surface area (Å²) in [6, 6.07) is 4.38. The van der Waals surface area contributed by atoms with Crippen LogP contribution in [0.5, 0.6) is 0 Å². The number of allylic oxidation sites excluding steroid dienone is 1. The van der Waals surface area contributed by atoms with Crippen LogP contribution >= 0.6 is 27.5 Å². The summed E-state index contributed by atoms with van der Waals surface area (Å²) in [5, 5.41) is 0.0622. The quantitative estimate of drug-likeness (QED) is 0.208. The summed E-state index contributed by atoms with van der Waals surface area (Å²) in [4.78, 5) is 25.0. The molecule has 0 aliphatic rings. The monoisotopic (exact) mass is 669 g/mol. The Balaban J connectivity index is 2.44. The highest BCUT2D eigenvalue weighted by atomic mass is 79.9. The van der Waals surface area contributed by atoms with Gasteiger partial charge in [0.15, 0.2) is 5.78 Å². The number of halogens is 12. The van der Waals surface area contributed by atoms with Crippen LogP contribution in [0.25, 0.3) is 5.83 Å². The van der Waals surface area contributed by atoms with E-state index in [-0.39, 0.29) is 26.5 Å². The molecule has 1 amide bonds. The number of hydrogen-bond donors (Lipinski definition) is 0. The Morgan fingerprint density at radius 1 is 1.00 bits per heavy atom. The fourth-order valence-corrected chi connectivity index (χ4v) is 4.21. The maximum absolute atomic E-state index is 15.0. The summed E-state index contributed by atoms with van der Waals surface area (Å²) in [5.41, 5.74) is -4.10. The van der Waals surface area contributed by atoms with E-state index >= 15 is 0 Å². The second-order valence-electron chi connectivity index (χ2n) is 8.80. The number of nitrogens with zero attached hydrogens (tertiary/aromatic N) is 1. The van der Waals surface area contributed by atoms with E-state index in [0.717, 1.165) is 32.2 Å². The van der Waals surface area contributed by atoms with E-state index in [4.69, 9.17) is 11.6 Å². The van der Waals surface area contributed by atoms with Crippen molar-refractivity contribution in [3.8, 4) is 0 Å². The molecule has 40 heavy (non-hydrogen) atoms. The molecule has 220 valence electrons. The number of amides is 1. The Morgan fingerprint density at radius 3 is 2.10 bits per heavy atom. The molecule has 1 unspecified atom stereocenters. The summed E-state index contributed by atoms with van der Waals surface area (Å²) in [7, 11) is 0.804. The molecule has 3 nitrogen and oxygen atoms in total. The first-order valence-electron chi connectivity index (χ1n) is 11.1. The Hall–Kier alpha value is -2.61. The first kappa shape index (κ1) is 33.6. The molecule has 15 heteroatoms. The van der Waals surface area contributed by atoms with Gasteiger partial charge in [0.2, 0.25) is 5.91 Å². The van der Waals surface area contributed by atoms with Crippen LogP contribution in [0.3, 0.4) is 0 Å². The SMILES string of the molecule is C[C@@H](CC(=O)c1ccc(/C(F)=C/C(c2ccc(Cl)c(Br)c2)C(F)(F)F)cc1C(F)(F)F)C(=O)N(C)CC(F)(F)F. The summed E-state index contributed by atoms with van der Waals surface area (Å²) < 4.78 is 135. The summed E-state index contributed by atoms with van der Waals surface area (Å²) in [6.07, 6.45) is -15.9. The van der Waals surface area contributed by atoms with Gasteiger partial charge < -0.3 is 4.90 Å². The van der Waals surface area contributed by atoms with Gasteiger partial charge in [0, 0.05) is 35.0 Å². The second kappa shape index (κ2) is 12.5. The van der Waals surface area contributed by atoms with Gasteiger partial charge >= 0.3 is 18.5 Å². The second-order valence-corrected chi connectivity index (χ2v) is 10.1. The Labute approximate surface area is 234 Å². The molecule has 0 saturated heterocycles. The fraction of sp³-hybridized carbons (Fsp3) is 0.360. The van der Waals surface area contributed by atoms with Crippen molar-refractivity contribution < 1.29 is 53.5 Å². The summed E-state index contributed by atoms with van der Waals surface area (Å²) in [6.45, 7) is -0.603. The normalized spacial score (nSPS) is 14.6. The lowest BCUT2D eigenvalue weighted by Gasteiger charge is -2.22. The minimum atomic E-state index is -5.27. The maximum Gasteiger partial charge on any atom is 0.417 e. The number of ketones is 1. The molecule has 0 radical (unpaired) electrons. The van der Waals surface area contributed by atoms with Crippen LogP contribution in [0, 0.1) is 5.92 Å². The molecule has 0 saturated carbocycles. The van der Waals surface area contributed by atoms with E-state index in [1.54, 1.807) is 0 Å². The number of carbonyl (C=O) groups is 2. The molecule has 0 aromatic heterocycles. The van der Waals surface area contributed by atoms with E-state index in [1.807, 2.05) is 0 Å². The number of Topliss-reactive ketones (excluding diaryl/α,β-unsaturated/α-hetero) is 1. The van der Waals surface area contributed by atoms with Crippen LogP contribution < -0.4 is 0 Å². The van der Waals surface area contributed by atoms with E-state index in [2.05, 4.69) is 15.9 Å². The average Bonchev–Trinajstić information content (AvgIpc) is 2.80. The van der Waals surface area contributed by atoms with Crippen molar-refractivity contribution in [2.45, 2.75) is 37.8 Å². The predicted molar refractivity (Wildman–Crippen MR) is 130 cm³/mol. The lowest BCUT2D eigenvalue weighted by molar-refractivity contribution is -0.160. The van der Waals surface area contributed by atoms with Crippen LogP contribution in [0.15, 0.2) is 46.9 Å². The van der Waals surface area contributed by atoms with Gasteiger partial charge in [-0.05, 0) is 45.8 Å². The van der Waals surface area contributed by atoms with E-state index in [0.29, 0.717) is 12.1 Å². The molecular formula is C25H19BrClF10NO2. The molecule has 0 heterocycles. The van der Waals surface area contributed by atoms with Gasteiger partial charge in [0.1, 0.15) is 18.3 Å². The molecule has 0 aliphatic heterocycles. The highest BCUT2D eigenvalue weighted by Crippen LogP contribution is 2.41. The van der Waals surface area contributed by atoms with Gasteiger partial charge in [0.25, 0.3) is 0 Å². The van der Waals surface area contributed by atoms with Crippen molar-refractivity contribution in [1.82, 2.24) is 4.90 Å². The summed E-state index contributed by atoms with van der Waals surface area (Å²) in [5.74, 6) is -8.13. The zero-order chi connectivity index (χ0) is 30.8. The molecule has 0 spiro atoms. The Kier molecular flexibility index (Phi) is 10.5.